The number of non-ortho nitro benzene ring substituents is 1. The Kier molecular flexibility index (Phi) is 4.81. The second-order valence-electron chi connectivity index (χ2n) is 4.71. The highest BCUT2D eigenvalue weighted by Crippen LogP contribution is 2.34. The molecule has 0 aliphatic carbocycles. The van der Waals surface area contributed by atoms with Crippen LogP contribution in [0.25, 0.3) is 0 Å². The van der Waals surface area contributed by atoms with Crippen LogP contribution in [-0.2, 0) is 10.2 Å². The molecule has 2 aromatic carbocycles. The van der Waals surface area contributed by atoms with E-state index in [4.69, 9.17) is 17.3 Å². The van der Waals surface area contributed by atoms with Crippen LogP contribution in [0, 0.1) is 17.0 Å². The molecule has 126 valence electrons. The van der Waals surface area contributed by atoms with Gasteiger partial charge in [0.05, 0.1) is 9.95 Å². The summed E-state index contributed by atoms with van der Waals surface area (Å²) in [6, 6.07) is 5.65. The summed E-state index contributed by atoms with van der Waals surface area (Å²) in [6.07, 6.45) is 0. The second-order valence-corrected chi connectivity index (χ2v) is 6.43. The third kappa shape index (κ3) is 3.84. The number of aryl methyl sites for hydroxylation is 1. The summed E-state index contributed by atoms with van der Waals surface area (Å²) in [7, 11) is -5.06. The normalized spacial score (nSPS) is 11.8. The van der Waals surface area contributed by atoms with Gasteiger partial charge in [-0.25, -0.2) is 0 Å². The van der Waals surface area contributed by atoms with Crippen LogP contribution >= 0.6 is 11.6 Å². The number of anilines is 1. The number of nitro groups is 1. The fraction of sp³-hybridized carbons (Fsp3) is 0.0769. The predicted molar refractivity (Wildman–Crippen MR) is 86.2 cm³/mol. The summed E-state index contributed by atoms with van der Waals surface area (Å²) in [5, 5.41) is 18.0. The van der Waals surface area contributed by atoms with Gasteiger partial charge >= 0.3 is 10.2 Å². The third-order valence-corrected chi connectivity index (χ3v) is 4.17. The summed E-state index contributed by atoms with van der Waals surface area (Å²) < 4.78 is 35.7. The molecule has 0 radical (unpaired) electrons. The van der Waals surface area contributed by atoms with Crippen molar-refractivity contribution in [3.05, 3.63) is 51.0 Å². The minimum atomic E-state index is -5.06. The smallest absolute Gasteiger partial charge is 0.334 e. The van der Waals surface area contributed by atoms with Gasteiger partial charge in [0.2, 0.25) is 0 Å². The Morgan fingerprint density at radius 1 is 1.21 bits per heavy atom. The molecule has 0 heterocycles. The Morgan fingerprint density at radius 2 is 1.83 bits per heavy atom. The maximum atomic E-state index is 13.4. The molecular weight excluding hydrogens is 363 g/mol. The highest BCUT2D eigenvalue weighted by atomic mass is 35.5. The maximum absolute atomic E-state index is 13.4. The van der Waals surface area contributed by atoms with E-state index >= 15 is 0 Å². The zero-order chi connectivity index (χ0) is 18.1. The van der Waals surface area contributed by atoms with Crippen LogP contribution in [0.15, 0.2) is 45.5 Å². The average Bonchev–Trinajstić information content (AvgIpc) is 2.47. The lowest BCUT2D eigenvalue weighted by Gasteiger charge is -2.05. The molecule has 0 unspecified atom stereocenters. The number of hydrogen-bond donors (Lipinski definition) is 1. The predicted octanol–water partition coefficient (Wildman–Crippen LogP) is 4.21. The lowest BCUT2D eigenvalue weighted by Crippen LogP contribution is -1.97. The van der Waals surface area contributed by atoms with E-state index < -0.39 is 20.0 Å². The van der Waals surface area contributed by atoms with E-state index in [1.807, 2.05) is 0 Å². The Labute approximate surface area is 141 Å². The molecule has 0 saturated carbocycles. The van der Waals surface area contributed by atoms with Crippen molar-refractivity contribution in [3.8, 4) is 0 Å². The monoisotopic (exact) mass is 372 g/mol. The van der Waals surface area contributed by atoms with Gasteiger partial charge in [-0.3, -0.25) is 10.1 Å². The lowest BCUT2D eigenvalue weighted by molar-refractivity contribution is -0.384. The molecule has 0 saturated heterocycles. The van der Waals surface area contributed by atoms with Gasteiger partial charge in [-0.2, -0.15) is 8.42 Å². The molecule has 2 rings (SSSR count). The number of hydrogen-bond acceptors (Lipinski definition) is 7. The first kappa shape index (κ1) is 17.8. The fourth-order valence-electron chi connectivity index (χ4n) is 1.76. The van der Waals surface area contributed by atoms with Crippen LogP contribution in [-0.4, -0.2) is 13.3 Å². The number of nitro benzene ring substituents is 1. The number of azo groups is 1. The van der Waals surface area contributed by atoms with Crippen molar-refractivity contribution >= 4 is 44.6 Å². The molecule has 0 atom stereocenters. The van der Waals surface area contributed by atoms with Gasteiger partial charge in [0, 0.05) is 17.8 Å². The van der Waals surface area contributed by atoms with Gasteiger partial charge in [0.25, 0.3) is 5.69 Å². The fourth-order valence-corrected chi connectivity index (χ4v) is 2.59. The molecule has 0 spiro atoms. The molecule has 0 bridgehead atoms. The molecular formula is C13H10ClFN4O4S. The van der Waals surface area contributed by atoms with E-state index in [9.17, 15) is 22.4 Å². The standard InChI is InChI=1S/C13H10ClFN4O4S/c1-7-4-12(13(6-10(7)16)24(15,22)23)18-17-11-3-2-8(19(20)21)5-9(11)14/h2-6H,16H2,1H3. The van der Waals surface area contributed by atoms with Crippen molar-refractivity contribution in [2.24, 2.45) is 10.2 Å². The van der Waals surface area contributed by atoms with Gasteiger partial charge in [0.15, 0.2) is 0 Å². The van der Waals surface area contributed by atoms with Gasteiger partial charge < -0.3 is 5.73 Å². The van der Waals surface area contributed by atoms with Crippen molar-refractivity contribution in [2.45, 2.75) is 11.8 Å². The summed E-state index contributed by atoms with van der Waals surface area (Å²) in [5.74, 6) is 0. The summed E-state index contributed by atoms with van der Waals surface area (Å²) in [4.78, 5) is 9.28. The maximum Gasteiger partial charge on any atom is 0.334 e. The number of nitrogens with two attached hydrogens (primary N) is 1. The summed E-state index contributed by atoms with van der Waals surface area (Å²) in [5.41, 5.74) is 5.68. The van der Waals surface area contributed by atoms with Crippen molar-refractivity contribution in [1.82, 2.24) is 0 Å². The Bertz CT molecular complexity index is 963. The zero-order valence-electron chi connectivity index (χ0n) is 12.1. The van der Waals surface area contributed by atoms with Crippen molar-refractivity contribution in [3.63, 3.8) is 0 Å². The van der Waals surface area contributed by atoms with Crippen molar-refractivity contribution in [1.29, 1.82) is 0 Å². The van der Waals surface area contributed by atoms with Gasteiger partial charge in [-0.05, 0) is 30.7 Å². The number of rotatable bonds is 4. The first-order valence-electron chi connectivity index (χ1n) is 6.30. The third-order valence-electron chi connectivity index (χ3n) is 3.02. The number of nitrogens with zero attached hydrogens (tertiary/aromatic N) is 3. The first-order valence-corrected chi connectivity index (χ1v) is 8.06. The second kappa shape index (κ2) is 6.49. The molecule has 0 aliphatic heterocycles. The van der Waals surface area contributed by atoms with E-state index in [-0.39, 0.29) is 27.8 Å². The molecule has 24 heavy (non-hydrogen) atoms. The van der Waals surface area contributed by atoms with E-state index in [0.717, 1.165) is 18.2 Å². The highest BCUT2D eigenvalue weighted by Gasteiger charge is 2.19. The number of nitrogen functional groups attached to an aromatic ring is 1. The van der Waals surface area contributed by atoms with Crippen LogP contribution in [0.3, 0.4) is 0 Å². The van der Waals surface area contributed by atoms with E-state index in [1.165, 1.54) is 12.1 Å². The van der Waals surface area contributed by atoms with Gasteiger partial charge in [0.1, 0.15) is 16.3 Å². The zero-order valence-corrected chi connectivity index (χ0v) is 13.7. The Hall–Kier alpha value is -2.59. The van der Waals surface area contributed by atoms with E-state index in [1.54, 1.807) is 6.92 Å². The van der Waals surface area contributed by atoms with E-state index in [0.29, 0.717) is 5.56 Å². The SMILES string of the molecule is Cc1cc(N=Nc2ccc([N+](=O)[O-])cc2Cl)c(S(=O)(=O)F)cc1N. The molecule has 0 aromatic heterocycles. The molecule has 0 fully saturated rings. The van der Waals surface area contributed by atoms with Crippen molar-refractivity contribution < 1.29 is 17.2 Å². The Morgan fingerprint density at radius 3 is 2.38 bits per heavy atom. The molecule has 2 N–H and O–H groups in total. The first-order chi connectivity index (χ1) is 11.1. The minimum absolute atomic E-state index is 0.0546. The highest BCUT2D eigenvalue weighted by molar-refractivity contribution is 7.86. The molecule has 0 aliphatic rings. The molecule has 0 amide bonds. The molecule has 8 nitrogen and oxygen atoms in total. The lowest BCUT2D eigenvalue weighted by atomic mass is 10.2. The van der Waals surface area contributed by atoms with E-state index in [2.05, 4.69) is 10.2 Å². The van der Waals surface area contributed by atoms with Gasteiger partial charge in [-0.15, -0.1) is 14.1 Å². The minimum Gasteiger partial charge on any atom is -0.398 e. The molecule has 2 aromatic rings. The van der Waals surface area contributed by atoms with Crippen LogP contribution < -0.4 is 5.73 Å². The van der Waals surface area contributed by atoms with Gasteiger partial charge in [-0.1, -0.05) is 11.6 Å². The Balaban J connectivity index is 2.50. The van der Waals surface area contributed by atoms with Crippen LogP contribution in [0.1, 0.15) is 5.56 Å². The summed E-state index contributed by atoms with van der Waals surface area (Å²) in [6.45, 7) is 1.59. The summed E-state index contributed by atoms with van der Waals surface area (Å²) >= 11 is 5.86. The van der Waals surface area contributed by atoms with Crippen LogP contribution in [0.4, 0.5) is 26.6 Å². The number of benzene rings is 2. The van der Waals surface area contributed by atoms with Crippen LogP contribution in [0.5, 0.6) is 0 Å². The molecule has 11 heteroatoms. The quantitative estimate of drug-likeness (QED) is 0.282. The number of halogens is 2. The topological polar surface area (TPSA) is 128 Å². The van der Waals surface area contributed by atoms with Crippen LogP contribution in [0.2, 0.25) is 5.02 Å². The van der Waals surface area contributed by atoms with Crippen molar-refractivity contribution in [2.75, 3.05) is 5.73 Å². The average molecular weight is 373 g/mol. The largest absolute Gasteiger partial charge is 0.398 e.